The molecule has 4 heterocycles. The maximum absolute atomic E-state index is 5.89. The third-order valence-corrected chi connectivity index (χ3v) is 5.48. The van der Waals surface area contributed by atoms with E-state index in [9.17, 15) is 0 Å². The van der Waals surface area contributed by atoms with Crippen molar-refractivity contribution < 1.29 is 8.83 Å². The van der Waals surface area contributed by atoms with Crippen molar-refractivity contribution in [2.24, 2.45) is 0 Å². The molecule has 0 saturated carbocycles. The molecule has 0 N–H and O–H groups in total. The first-order valence-electron chi connectivity index (χ1n) is 8.55. The van der Waals surface area contributed by atoms with Crippen molar-refractivity contribution in [2.75, 3.05) is 0 Å². The molecule has 0 saturated heterocycles. The van der Waals surface area contributed by atoms with Gasteiger partial charge in [-0.3, -0.25) is 4.40 Å². The fourth-order valence-corrected chi connectivity index (χ4v) is 4.07. The average Bonchev–Trinajstić information content (AvgIpc) is 3.35. The van der Waals surface area contributed by atoms with E-state index in [-0.39, 0.29) is 0 Å². The van der Waals surface area contributed by atoms with Gasteiger partial charge in [0.1, 0.15) is 17.1 Å². The largest absolute Gasteiger partial charge is 0.463 e. The number of rotatable bonds is 4. The van der Waals surface area contributed by atoms with E-state index in [1.54, 1.807) is 24.4 Å². The van der Waals surface area contributed by atoms with Crippen molar-refractivity contribution >= 4 is 28.4 Å². The van der Waals surface area contributed by atoms with Crippen LogP contribution in [0.4, 0.5) is 0 Å². The molecule has 0 atom stereocenters. The van der Waals surface area contributed by atoms with E-state index in [2.05, 4.69) is 34.2 Å². The molecule has 0 unspecified atom stereocenters. The van der Waals surface area contributed by atoms with E-state index in [0.29, 0.717) is 11.6 Å². The Hall–Kier alpha value is -3.06. The van der Waals surface area contributed by atoms with Gasteiger partial charge in [0.25, 0.3) is 0 Å². The minimum Gasteiger partial charge on any atom is -0.463 e. The van der Waals surface area contributed by atoms with Crippen LogP contribution in [0.2, 0.25) is 0 Å². The summed E-state index contributed by atoms with van der Waals surface area (Å²) in [5.74, 6) is 2.13. The number of thioether (sulfide) groups is 1. The van der Waals surface area contributed by atoms with Crippen LogP contribution in [0.3, 0.4) is 0 Å². The van der Waals surface area contributed by atoms with Crippen LogP contribution in [0.25, 0.3) is 28.1 Å². The maximum atomic E-state index is 5.89. The van der Waals surface area contributed by atoms with Gasteiger partial charge in [-0.15, -0.1) is 10.2 Å². The normalized spacial score (nSPS) is 11.6. The zero-order valence-electron chi connectivity index (χ0n) is 14.8. The quantitative estimate of drug-likeness (QED) is 0.409. The van der Waals surface area contributed by atoms with Crippen LogP contribution in [-0.2, 0) is 5.75 Å². The van der Waals surface area contributed by atoms with Crippen LogP contribution >= 0.6 is 11.8 Å². The molecule has 0 aliphatic heterocycles. The number of nitrogens with zero attached hydrogens (tertiary/aromatic N) is 4. The molecule has 0 fully saturated rings. The van der Waals surface area contributed by atoms with E-state index in [1.807, 2.05) is 35.6 Å². The molecule has 5 aromatic rings. The third kappa shape index (κ3) is 2.80. The Morgan fingerprint density at radius 1 is 1.11 bits per heavy atom. The van der Waals surface area contributed by atoms with Crippen molar-refractivity contribution in [2.45, 2.75) is 24.6 Å². The first-order valence-corrected chi connectivity index (χ1v) is 9.54. The summed E-state index contributed by atoms with van der Waals surface area (Å²) in [6.07, 6.45) is 3.38. The smallest absolute Gasteiger partial charge is 0.226 e. The van der Waals surface area contributed by atoms with Gasteiger partial charge in [-0.25, -0.2) is 4.98 Å². The average molecular weight is 376 g/mol. The highest BCUT2D eigenvalue weighted by Crippen LogP contribution is 2.31. The van der Waals surface area contributed by atoms with Crippen LogP contribution in [0.1, 0.15) is 17.0 Å². The number of hydrogen-bond donors (Lipinski definition) is 0. The second-order valence-electron chi connectivity index (χ2n) is 6.39. The number of aromatic nitrogens is 4. The summed E-state index contributed by atoms with van der Waals surface area (Å²) in [4.78, 5) is 4.69. The van der Waals surface area contributed by atoms with Gasteiger partial charge in [0.2, 0.25) is 5.89 Å². The highest BCUT2D eigenvalue weighted by Gasteiger charge is 2.15. The molecule has 0 aliphatic carbocycles. The minimum atomic E-state index is 0.649. The molecule has 4 aromatic heterocycles. The van der Waals surface area contributed by atoms with E-state index in [0.717, 1.165) is 38.7 Å². The second-order valence-corrected chi connectivity index (χ2v) is 7.35. The monoisotopic (exact) mass is 376 g/mol. The number of furan rings is 1. The Kier molecular flexibility index (Phi) is 3.75. The standard InChI is InChI=1S/C20H16N4O2S/c1-12-4-3-5-14(8-12)19-22-15(13(2)26-19)10-27-20-17-9-18-16(6-7-25-18)24(17)11-21-23-20/h3-9,11H,10H2,1-2H3. The molecule has 5 rings (SSSR count). The second kappa shape index (κ2) is 6.28. The molecule has 27 heavy (non-hydrogen) atoms. The number of oxazole rings is 1. The summed E-state index contributed by atoms with van der Waals surface area (Å²) in [5.41, 5.74) is 5.87. The van der Waals surface area contributed by atoms with Crippen LogP contribution < -0.4 is 0 Å². The van der Waals surface area contributed by atoms with Crippen LogP contribution in [0.5, 0.6) is 0 Å². The lowest BCUT2D eigenvalue weighted by atomic mass is 10.1. The molecule has 134 valence electrons. The summed E-state index contributed by atoms with van der Waals surface area (Å²) >= 11 is 1.59. The van der Waals surface area contributed by atoms with Gasteiger partial charge >= 0.3 is 0 Å². The van der Waals surface area contributed by atoms with Gasteiger partial charge < -0.3 is 8.83 Å². The van der Waals surface area contributed by atoms with Crippen molar-refractivity contribution in [1.82, 2.24) is 19.6 Å². The minimum absolute atomic E-state index is 0.649. The first kappa shape index (κ1) is 16.1. The number of aryl methyl sites for hydroxylation is 2. The van der Waals surface area contributed by atoms with Crippen molar-refractivity contribution in [3.05, 3.63) is 66.0 Å². The Labute approximate surface area is 159 Å². The molecule has 0 bridgehead atoms. The summed E-state index contributed by atoms with van der Waals surface area (Å²) in [5, 5.41) is 9.25. The summed E-state index contributed by atoms with van der Waals surface area (Å²) in [7, 11) is 0. The SMILES string of the molecule is Cc1cccc(-c2nc(CSc3nncn4c3cc3occc34)c(C)o2)c1. The van der Waals surface area contributed by atoms with Gasteiger partial charge in [0.05, 0.1) is 23.0 Å². The Morgan fingerprint density at radius 3 is 2.93 bits per heavy atom. The Morgan fingerprint density at radius 2 is 2.04 bits per heavy atom. The molecule has 0 aliphatic rings. The highest BCUT2D eigenvalue weighted by atomic mass is 32.2. The summed E-state index contributed by atoms with van der Waals surface area (Å²) in [6, 6.07) is 12.1. The van der Waals surface area contributed by atoms with Crippen LogP contribution in [-0.4, -0.2) is 19.6 Å². The van der Waals surface area contributed by atoms with Gasteiger partial charge in [-0.05, 0) is 26.0 Å². The molecule has 0 spiro atoms. The molecule has 1 aromatic carbocycles. The third-order valence-electron chi connectivity index (χ3n) is 4.50. The molecule has 7 heteroatoms. The summed E-state index contributed by atoms with van der Waals surface area (Å²) in [6.45, 7) is 4.00. The summed E-state index contributed by atoms with van der Waals surface area (Å²) < 4.78 is 13.4. The highest BCUT2D eigenvalue weighted by molar-refractivity contribution is 7.98. The molecular formula is C20H16N4O2S. The first-order chi connectivity index (χ1) is 13.2. The van der Waals surface area contributed by atoms with E-state index >= 15 is 0 Å². The number of fused-ring (bicyclic) bond motifs is 3. The predicted octanol–water partition coefficient (Wildman–Crippen LogP) is 5.04. The lowest BCUT2D eigenvalue weighted by Crippen LogP contribution is -1.94. The molecule has 6 nitrogen and oxygen atoms in total. The van der Waals surface area contributed by atoms with Crippen molar-refractivity contribution in [1.29, 1.82) is 0 Å². The number of benzene rings is 1. The molecule has 0 radical (unpaired) electrons. The van der Waals surface area contributed by atoms with Gasteiger partial charge in [0.15, 0.2) is 5.58 Å². The van der Waals surface area contributed by atoms with Crippen molar-refractivity contribution in [3.63, 3.8) is 0 Å². The van der Waals surface area contributed by atoms with Gasteiger partial charge in [-0.2, -0.15) is 0 Å². The van der Waals surface area contributed by atoms with Crippen LogP contribution in [0.15, 0.2) is 62.8 Å². The van der Waals surface area contributed by atoms with Crippen LogP contribution in [0, 0.1) is 13.8 Å². The Balaban J connectivity index is 1.44. The van der Waals surface area contributed by atoms with E-state index in [4.69, 9.17) is 8.83 Å². The molecular weight excluding hydrogens is 360 g/mol. The van der Waals surface area contributed by atoms with E-state index < -0.39 is 0 Å². The van der Waals surface area contributed by atoms with E-state index in [1.165, 1.54) is 5.56 Å². The van der Waals surface area contributed by atoms with Gasteiger partial charge in [0, 0.05) is 23.4 Å². The van der Waals surface area contributed by atoms with Crippen molar-refractivity contribution in [3.8, 4) is 11.5 Å². The number of hydrogen-bond acceptors (Lipinski definition) is 6. The molecule has 0 amide bonds. The lowest BCUT2D eigenvalue weighted by molar-refractivity contribution is 0.540. The van der Waals surface area contributed by atoms with Gasteiger partial charge in [-0.1, -0.05) is 29.5 Å². The zero-order chi connectivity index (χ0) is 18.4. The fourth-order valence-electron chi connectivity index (χ4n) is 3.12. The fraction of sp³-hybridized carbons (Fsp3) is 0.150. The topological polar surface area (TPSA) is 69.4 Å². The predicted molar refractivity (Wildman–Crippen MR) is 104 cm³/mol. The lowest BCUT2D eigenvalue weighted by Gasteiger charge is -2.01. The zero-order valence-corrected chi connectivity index (χ0v) is 15.7. The Bertz CT molecular complexity index is 1270. The maximum Gasteiger partial charge on any atom is 0.226 e.